The van der Waals surface area contributed by atoms with Crippen molar-refractivity contribution in [3.63, 3.8) is 0 Å². The fourth-order valence-electron chi connectivity index (χ4n) is 9.94. The lowest BCUT2D eigenvalue weighted by Crippen LogP contribution is -2.49. The van der Waals surface area contributed by atoms with Crippen LogP contribution >= 0.6 is 0 Å². The number of hydrogen-bond acceptors (Lipinski definition) is 10. The van der Waals surface area contributed by atoms with Gasteiger partial charge in [-0.25, -0.2) is 14.8 Å². The Morgan fingerprint density at radius 3 is 2.39 bits per heavy atom. The highest BCUT2D eigenvalue weighted by Gasteiger charge is 2.35. The lowest BCUT2D eigenvalue weighted by molar-refractivity contribution is -0.132. The van der Waals surface area contributed by atoms with Crippen LogP contribution in [0.3, 0.4) is 0 Å². The number of likely N-dealkylation sites (tertiary alicyclic amines) is 1. The van der Waals surface area contributed by atoms with Gasteiger partial charge in [-0.05, 0) is 78.8 Å². The van der Waals surface area contributed by atoms with Crippen molar-refractivity contribution in [2.75, 3.05) is 75.8 Å². The largest absolute Gasteiger partial charge is 0.371 e. The van der Waals surface area contributed by atoms with E-state index in [-0.39, 0.29) is 41.3 Å². The molecule has 2 aromatic carbocycles. The van der Waals surface area contributed by atoms with Crippen molar-refractivity contribution in [1.82, 2.24) is 29.2 Å². The van der Waals surface area contributed by atoms with Gasteiger partial charge in [0, 0.05) is 102 Å². The molecule has 308 valence electrons. The molecule has 5 fully saturated rings. The first kappa shape index (κ1) is 38.9. The van der Waals surface area contributed by atoms with E-state index in [0.29, 0.717) is 54.5 Å². The fourth-order valence-corrected chi connectivity index (χ4v) is 9.94. The summed E-state index contributed by atoms with van der Waals surface area (Å²) in [6.45, 7) is 8.11. The molecule has 0 spiro atoms. The van der Waals surface area contributed by atoms with E-state index in [1.807, 2.05) is 30.1 Å². The van der Waals surface area contributed by atoms with Crippen LogP contribution < -0.4 is 21.1 Å². The van der Waals surface area contributed by atoms with Gasteiger partial charge in [-0.3, -0.25) is 19.2 Å². The van der Waals surface area contributed by atoms with Crippen LogP contribution in [0.15, 0.2) is 65.7 Å². The lowest BCUT2D eigenvalue weighted by Gasteiger charge is -2.43. The molecule has 6 heterocycles. The molecule has 4 aromatic rings. The second-order valence-corrected chi connectivity index (χ2v) is 17.3. The Labute approximate surface area is 344 Å². The number of fused-ring (bicyclic) bond motifs is 1. The standard InChI is InChI=1S/C45H53N9O5/c1-49-19-20-53(45(49)59)35-3-2-15-52(28-35)41-24-47-42(43(46)57)38(48-41)21-29-4-6-31(7-5-29)33-26-50(27-33)25-30-12-16-51(17-13-30)34-8-10-37-32(22-34)14-18-54(44(37)58)39-11-9-36(55)23-40(39)56/h4-8,10,14,18,22,24,30,33,35,39H,2-3,9,11-13,15-17,19-21,23,25-28H2,1H3,(H2,46,57)/t35-,39?/m1/s1. The van der Waals surface area contributed by atoms with Gasteiger partial charge < -0.3 is 34.8 Å². The third-order valence-electron chi connectivity index (χ3n) is 13.4. The number of primary amides is 1. The third kappa shape index (κ3) is 7.94. The molecule has 5 aliphatic rings. The molecule has 2 N–H and O–H groups in total. The topological polar surface area (TPSA) is 158 Å². The minimum atomic E-state index is -0.588. The third-order valence-corrected chi connectivity index (χ3v) is 13.4. The van der Waals surface area contributed by atoms with E-state index in [4.69, 9.17) is 10.7 Å². The number of nitrogens with zero attached hydrogens (tertiary/aromatic N) is 8. The fraction of sp³-hybridized carbons (Fsp3) is 0.489. The summed E-state index contributed by atoms with van der Waals surface area (Å²) in [5.41, 5.74) is 9.83. The Kier molecular flexibility index (Phi) is 10.7. The predicted molar refractivity (Wildman–Crippen MR) is 225 cm³/mol. The van der Waals surface area contributed by atoms with Gasteiger partial charge in [0.2, 0.25) is 0 Å². The molecule has 0 radical (unpaired) electrons. The molecular weight excluding hydrogens is 747 g/mol. The van der Waals surface area contributed by atoms with Crippen molar-refractivity contribution in [1.29, 1.82) is 0 Å². The lowest BCUT2D eigenvalue weighted by atomic mass is 9.88. The monoisotopic (exact) mass is 799 g/mol. The first-order chi connectivity index (χ1) is 28.6. The van der Waals surface area contributed by atoms with Crippen molar-refractivity contribution in [3.8, 4) is 0 Å². The number of piperidine rings is 2. The van der Waals surface area contributed by atoms with Crippen LogP contribution in [0, 0.1) is 5.92 Å². The van der Waals surface area contributed by atoms with E-state index in [2.05, 4.69) is 50.0 Å². The number of carbonyl (C=O) groups is 4. The number of aromatic nitrogens is 3. The number of rotatable bonds is 10. The average Bonchev–Trinajstić information content (AvgIpc) is 3.57. The number of nitrogens with two attached hydrogens (primary N) is 1. The average molecular weight is 800 g/mol. The van der Waals surface area contributed by atoms with E-state index in [9.17, 15) is 24.0 Å². The number of urea groups is 1. The van der Waals surface area contributed by atoms with Crippen LogP contribution in [-0.4, -0.2) is 125 Å². The van der Waals surface area contributed by atoms with Crippen molar-refractivity contribution >= 4 is 45.8 Å². The second-order valence-electron chi connectivity index (χ2n) is 17.3. The van der Waals surface area contributed by atoms with Crippen LogP contribution in [0.4, 0.5) is 16.3 Å². The SMILES string of the molecule is CN1CCN([C@@H]2CCCN(c3cnc(C(N)=O)c(Cc4ccc(C5CN(CC6CCN(c7ccc8c(=O)n(C9CCC(=O)CC9=O)ccc8c7)CC6)C5)cc4)n3)C2)C1=O. The van der Waals surface area contributed by atoms with E-state index in [1.54, 1.807) is 17.3 Å². The minimum absolute atomic E-state index is 0.0472. The molecular formula is C45H53N9O5. The highest BCUT2D eigenvalue weighted by Crippen LogP contribution is 2.32. The summed E-state index contributed by atoms with van der Waals surface area (Å²) in [7, 11) is 1.84. The number of amides is 3. The van der Waals surface area contributed by atoms with Crippen LogP contribution in [0.2, 0.25) is 0 Å². The van der Waals surface area contributed by atoms with Gasteiger partial charge in [-0.1, -0.05) is 24.3 Å². The zero-order chi connectivity index (χ0) is 40.8. The summed E-state index contributed by atoms with van der Waals surface area (Å²) in [5.74, 6) is 1.03. The molecule has 1 saturated carbocycles. The molecule has 14 heteroatoms. The molecule has 4 saturated heterocycles. The molecule has 9 rings (SSSR count). The van der Waals surface area contributed by atoms with Crippen LogP contribution in [0.1, 0.15) is 84.2 Å². The Hall–Kier alpha value is -5.63. The summed E-state index contributed by atoms with van der Waals surface area (Å²) >= 11 is 0. The van der Waals surface area contributed by atoms with E-state index >= 15 is 0 Å². The number of benzene rings is 2. The smallest absolute Gasteiger partial charge is 0.320 e. The Morgan fingerprint density at radius 1 is 0.864 bits per heavy atom. The summed E-state index contributed by atoms with van der Waals surface area (Å²) in [4.78, 5) is 82.9. The highest BCUT2D eigenvalue weighted by atomic mass is 16.2. The Balaban J connectivity index is 0.762. The molecule has 1 aliphatic carbocycles. The van der Waals surface area contributed by atoms with Gasteiger partial charge in [0.05, 0.1) is 30.4 Å². The summed E-state index contributed by atoms with van der Waals surface area (Å²) in [6.07, 6.45) is 8.58. The summed E-state index contributed by atoms with van der Waals surface area (Å²) in [6, 6.07) is 16.2. The number of likely N-dealkylation sites (N-methyl/N-ethyl adjacent to an activating group) is 1. The quantitative estimate of drug-likeness (QED) is 0.233. The molecule has 4 aliphatic heterocycles. The minimum Gasteiger partial charge on any atom is -0.371 e. The number of Topliss-reactive ketones (excluding diaryl/α,β-unsaturated/α-hetero) is 2. The van der Waals surface area contributed by atoms with Crippen molar-refractivity contribution < 1.29 is 19.2 Å². The van der Waals surface area contributed by atoms with Crippen LogP contribution in [-0.2, 0) is 16.0 Å². The first-order valence-electron chi connectivity index (χ1n) is 21.3. The number of anilines is 2. The Bertz CT molecular complexity index is 2330. The summed E-state index contributed by atoms with van der Waals surface area (Å²) in [5, 5.41) is 1.47. The van der Waals surface area contributed by atoms with Crippen LogP contribution in [0.5, 0.6) is 0 Å². The molecule has 59 heavy (non-hydrogen) atoms. The zero-order valence-corrected chi connectivity index (χ0v) is 33.8. The number of carbonyl (C=O) groups excluding carboxylic acids is 4. The maximum atomic E-state index is 13.3. The molecule has 14 nitrogen and oxygen atoms in total. The van der Waals surface area contributed by atoms with E-state index in [1.165, 1.54) is 10.1 Å². The predicted octanol–water partition coefficient (Wildman–Crippen LogP) is 4.00. The van der Waals surface area contributed by atoms with Crippen LogP contribution in [0.25, 0.3) is 10.8 Å². The number of pyridine rings is 1. The summed E-state index contributed by atoms with van der Waals surface area (Å²) < 4.78 is 1.52. The van der Waals surface area contributed by atoms with Crippen molar-refractivity contribution in [2.24, 2.45) is 11.7 Å². The normalized spacial score (nSPS) is 22.4. The molecule has 3 amide bonds. The van der Waals surface area contributed by atoms with E-state index in [0.717, 1.165) is 94.7 Å². The Morgan fingerprint density at radius 2 is 1.66 bits per heavy atom. The highest BCUT2D eigenvalue weighted by molar-refractivity contribution is 6.03. The zero-order valence-electron chi connectivity index (χ0n) is 33.8. The van der Waals surface area contributed by atoms with Gasteiger partial charge in [0.15, 0.2) is 5.78 Å². The molecule has 2 atom stereocenters. The second kappa shape index (κ2) is 16.2. The molecule has 1 unspecified atom stereocenters. The van der Waals surface area contributed by atoms with E-state index < -0.39 is 11.9 Å². The van der Waals surface area contributed by atoms with Gasteiger partial charge in [-0.15, -0.1) is 0 Å². The van der Waals surface area contributed by atoms with Gasteiger partial charge in [0.1, 0.15) is 17.3 Å². The molecule has 2 aromatic heterocycles. The maximum Gasteiger partial charge on any atom is 0.320 e. The van der Waals surface area contributed by atoms with Crippen molar-refractivity contribution in [3.05, 3.63) is 93.8 Å². The van der Waals surface area contributed by atoms with Gasteiger partial charge in [0.25, 0.3) is 11.5 Å². The number of ketones is 2. The molecule has 0 bridgehead atoms. The van der Waals surface area contributed by atoms with Gasteiger partial charge >= 0.3 is 6.03 Å². The maximum absolute atomic E-state index is 13.3. The first-order valence-corrected chi connectivity index (χ1v) is 21.3. The van der Waals surface area contributed by atoms with Gasteiger partial charge in [-0.2, -0.15) is 0 Å². The van der Waals surface area contributed by atoms with Crippen molar-refractivity contribution in [2.45, 2.75) is 69.4 Å². The number of hydrogen-bond donors (Lipinski definition) is 1.